The predicted molar refractivity (Wildman–Crippen MR) is 85.6 cm³/mol. The lowest BCUT2D eigenvalue weighted by molar-refractivity contribution is -0.119. The van der Waals surface area contributed by atoms with Crippen LogP contribution in [0.5, 0.6) is 0 Å². The summed E-state index contributed by atoms with van der Waals surface area (Å²) in [7, 11) is 0. The zero-order valence-corrected chi connectivity index (χ0v) is 13.0. The second kappa shape index (κ2) is 7.59. The Kier molecular flexibility index (Phi) is 5.52. The summed E-state index contributed by atoms with van der Waals surface area (Å²) in [4.78, 5) is 24.6. The molecule has 1 aliphatic heterocycles. The molecule has 3 rings (SSSR count). The van der Waals surface area contributed by atoms with Crippen molar-refractivity contribution < 1.29 is 9.59 Å². The van der Waals surface area contributed by atoms with E-state index < -0.39 is 0 Å². The van der Waals surface area contributed by atoms with Gasteiger partial charge in [-0.05, 0) is 18.9 Å². The molecule has 2 amide bonds. The van der Waals surface area contributed by atoms with E-state index in [0.717, 1.165) is 30.2 Å². The van der Waals surface area contributed by atoms with E-state index in [0.29, 0.717) is 18.8 Å². The summed E-state index contributed by atoms with van der Waals surface area (Å²) in [6, 6.07) is 7.66. The summed E-state index contributed by atoms with van der Waals surface area (Å²) in [6.45, 7) is 5.38. The largest absolute Gasteiger partial charge is 0.348 e. The van der Waals surface area contributed by atoms with Gasteiger partial charge in [0.15, 0.2) is 5.69 Å². The molecule has 22 heavy (non-hydrogen) atoms. The van der Waals surface area contributed by atoms with Gasteiger partial charge in [-0.25, -0.2) is 0 Å². The summed E-state index contributed by atoms with van der Waals surface area (Å²) in [5.41, 5.74) is 1.28. The number of amides is 2. The smallest absolute Gasteiger partial charge is 0.272 e. The van der Waals surface area contributed by atoms with Gasteiger partial charge in [0.25, 0.3) is 5.91 Å². The minimum atomic E-state index is -0.160. The molecule has 0 radical (unpaired) electrons. The van der Waals surface area contributed by atoms with Crippen molar-refractivity contribution in [2.24, 2.45) is 0 Å². The number of nitrogens with zero attached hydrogens (tertiary/aromatic N) is 2. The number of para-hydroxylation sites is 1. The maximum atomic E-state index is 12.3. The Balaban J connectivity index is 0.000000847. The van der Waals surface area contributed by atoms with Crippen LogP contribution in [0, 0.1) is 0 Å². The fourth-order valence-corrected chi connectivity index (χ4v) is 2.54. The van der Waals surface area contributed by atoms with Gasteiger partial charge >= 0.3 is 0 Å². The molecule has 6 heteroatoms. The lowest BCUT2D eigenvalue weighted by Gasteiger charge is -2.29. The molecule has 1 aromatic carbocycles. The monoisotopic (exact) mass is 302 g/mol. The van der Waals surface area contributed by atoms with Crippen LogP contribution in [-0.2, 0) is 4.79 Å². The Bertz CT molecular complexity index is 630. The number of aromatic nitrogens is 2. The van der Waals surface area contributed by atoms with Gasteiger partial charge < -0.3 is 10.2 Å². The van der Waals surface area contributed by atoms with Gasteiger partial charge in [-0.3, -0.25) is 14.7 Å². The second-order valence-electron chi connectivity index (χ2n) is 5.01. The Morgan fingerprint density at radius 1 is 1.32 bits per heavy atom. The predicted octanol–water partition coefficient (Wildman–Crippen LogP) is 1.94. The van der Waals surface area contributed by atoms with Crippen LogP contribution in [0.4, 0.5) is 0 Å². The van der Waals surface area contributed by atoms with Crippen LogP contribution < -0.4 is 5.32 Å². The standard InChI is InChI=1S/C14H16N4O2.C2H6/c19-9-18-7-5-10(6-8-18)15-14(20)13-11-3-1-2-4-12(11)16-17-13;1-2/h1-4,9-10H,5-8H2,(H,15,20)(H,16,17);1-2H3. The minimum Gasteiger partial charge on any atom is -0.348 e. The van der Waals surface area contributed by atoms with E-state index in [1.165, 1.54) is 0 Å². The Labute approximate surface area is 129 Å². The number of nitrogens with one attached hydrogen (secondary N) is 2. The number of benzene rings is 1. The van der Waals surface area contributed by atoms with Gasteiger partial charge in [0.1, 0.15) is 0 Å². The molecule has 1 aliphatic rings. The molecule has 2 N–H and O–H groups in total. The van der Waals surface area contributed by atoms with Crippen molar-refractivity contribution in [3.63, 3.8) is 0 Å². The van der Waals surface area contributed by atoms with E-state index in [4.69, 9.17) is 0 Å². The number of piperidine rings is 1. The van der Waals surface area contributed by atoms with Crippen molar-refractivity contribution in [3.05, 3.63) is 30.0 Å². The highest BCUT2D eigenvalue weighted by molar-refractivity contribution is 6.04. The van der Waals surface area contributed by atoms with E-state index in [1.54, 1.807) is 4.90 Å². The number of hydrogen-bond acceptors (Lipinski definition) is 3. The van der Waals surface area contributed by atoms with Crippen molar-refractivity contribution in [1.82, 2.24) is 20.4 Å². The molecule has 1 fully saturated rings. The average Bonchev–Trinajstić information content (AvgIpc) is 3.01. The number of aromatic amines is 1. The van der Waals surface area contributed by atoms with Crippen LogP contribution in [0.1, 0.15) is 37.2 Å². The van der Waals surface area contributed by atoms with E-state index in [9.17, 15) is 9.59 Å². The Morgan fingerprint density at radius 3 is 2.68 bits per heavy atom. The highest BCUT2D eigenvalue weighted by Gasteiger charge is 2.22. The minimum absolute atomic E-state index is 0.106. The van der Waals surface area contributed by atoms with Gasteiger partial charge in [0, 0.05) is 24.5 Å². The Hall–Kier alpha value is -2.37. The van der Waals surface area contributed by atoms with Crippen LogP contribution >= 0.6 is 0 Å². The van der Waals surface area contributed by atoms with Crippen LogP contribution in [-0.4, -0.2) is 46.5 Å². The molecule has 1 aromatic heterocycles. The van der Waals surface area contributed by atoms with Gasteiger partial charge in [0.05, 0.1) is 5.52 Å². The van der Waals surface area contributed by atoms with Crippen molar-refractivity contribution in [2.75, 3.05) is 13.1 Å². The van der Waals surface area contributed by atoms with Gasteiger partial charge in [-0.1, -0.05) is 32.0 Å². The molecule has 6 nitrogen and oxygen atoms in total. The number of carbonyl (C=O) groups excluding carboxylic acids is 2. The third-order valence-corrected chi connectivity index (χ3v) is 3.70. The molecule has 0 atom stereocenters. The van der Waals surface area contributed by atoms with E-state index in [-0.39, 0.29) is 11.9 Å². The maximum Gasteiger partial charge on any atom is 0.272 e. The fourth-order valence-electron chi connectivity index (χ4n) is 2.54. The molecule has 0 unspecified atom stereocenters. The van der Waals surface area contributed by atoms with Crippen LogP contribution in [0.15, 0.2) is 24.3 Å². The van der Waals surface area contributed by atoms with Crippen LogP contribution in [0.3, 0.4) is 0 Å². The normalized spacial score (nSPS) is 15.1. The van der Waals surface area contributed by atoms with Crippen LogP contribution in [0.25, 0.3) is 10.9 Å². The molecule has 0 saturated carbocycles. The first kappa shape index (κ1) is 16.0. The summed E-state index contributed by atoms with van der Waals surface area (Å²) >= 11 is 0. The first-order valence-electron chi connectivity index (χ1n) is 7.71. The van der Waals surface area contributed by atoms with Crippen molar-refractivity contribution in [2.45, 2.75) is 32.7 Å². The number of hydrogen-bond donors (Lipinski definition) is 2. The second-order valence-corrected chi connectivity index (χ2v) is 5.01. The Morgan fingerprint density at radius 2 is 2.00 bits per heavy atom. The molecule has 0 spiro atoms. The molecule has 0 bridgehead atoms. The fraction of sp³-hybridized carbons (Fsp3) is 0.438. The molecule has 2 heterocycles. The molecular weight excluding hydrogens is 280 g/mol. The van der Waals surface area contributed by atoms with Gasteiger partial charge in [-0.15, -0.1) is 0 Å². The van der Waals surface area contributed by atoms with Crippen molar-refractivity contribution in [3.8, 4) is 0 Å². The average molecular weight is 302 g/mol. The number of rotatable bonds is 3. The first-order chi connectivity index (χ1) is 10.8. The highest BCUT2D eigenvalue weighted by Crippen LogP contribution is 2.16. The lowest BCUT2D eigenvalue weighted by atomic mass is 10.1. The third kappa shape index (κ3) is 3.44. The first-order valence-corrected chi connectivity index (χ1v) is 7.71. The van der Waals surface area contributed by atoms with E-state index in [2.05, 4.69) is 15.5 Å². The number of likely N-dealkylation sites (tertiary alicyclic amines) is 1. The topological polar surface area (TPSA) is 78.1 Å². The summed E-state index contributed by atoms with van der Waals surface area (Å²) in [6.07, 6.45) is 2.43. The summed E-state index contributed by atoms with van der Waals surface area (Å²) < 4.78 is 0. The van der Waals surface area contributed by atoms with Gasteiger partial charge in [0.2, 0.25) is 6.41 Å². The lowest BCUT2D eigenvalue weighted by Crippen LogP contribution is -2.44. The maximum absolute atomic E-state index is 12.3. The highest BCUT2D eigenvalue weighted by atomic mass is 16.2. The molecule has 0 aliphatic carbocycles. The van der Waals surface area contributed by atoms with E-state index >= 15 is 0 Å². The molecular formula is C16H22N4O2. The number of H-pyrrole nitrogens is 1. The third-order valence-electron chi connectivity index (χ3n) is 3.70. The zero-order valence-electron chi connectivity index (χ0n) is 13.0. The number of carbonyl (C=O) groups is 2. The molecule has 118 valence electrons. The summed E-state index contributed by atoms with van der Waals surface area (Å²) in [5.74, 6) is -0.160. The zero-order chi connectivity index (χ0) is 15.9. The van der Waals surface area contributed by atoms with Crippen LogP contribution in [0.2, 0.25) is 0 Å². The summed E-state index contributed by atoms with van der Waals surface area (Å²) in [5, 5.41) is 10.8. The van der Waals surface area contributed by atoms with Crippen molar-refractivity contribution >= 4 is 23.2 Å². The quantitative estimate of drug-likeness (QED) is 0.851. The van der Waals surface area contributed by atoms with Crippen molar-refractivity contribution in [1.29, 1.82) is 0 Å². The SMILES string of the molecule is CC.O=CN1CCC(NC(=O)c2n[nH]c3ccccc23)CC1. The molecule has 1 saturated heterocycles. The van der Waals surface area contributed by atoms with Gasteiger partial charge in [-0.2, -0.15) is 5.10 Å². The van der Waals surface area contributed by atoms with E-state index in [1.807, 2.05) is 38.1 Å². The number of fused-ring (bicyclic) bond motifs is 1. The molecule has 2 aromatic rings.